The van der Waals surface area contributed by atoms with E-state index in [9.17, 15) is 18.4 Å². The Morgan fingerprint density at radius 3 is 2.33 bits per heavy atom. The van der Waals surface area contributed by atoms with Gasteiger partial charge in [-0.25, -0.2) is 8.78 Å². The van der Waals surface area contributed by atoms with E-state index in [1.807, 2.05) is 19.1 Å². The first kappa shape index (κ1) is 21.1. The molecule has 0 radical (unpaired) electrons. The number of nitrogens with zero attached hydrogens (tertiary/aromatic N) is 1. The molecule has 3 aromatic carbocycles. The van der Waals surface area contributed by atoms with E-state index in [1.54, 1.807) is 42.5 Å². The normalized spacial score (nSPS) is 20.0. The quantitative estimate of drug-likeness (QED) is 0.525. The number of carbonyl (C=O) groups excluding carboxylic acids is 2. The van der Waals surface area contributed by atoms with Crippen LogP contribution in [-0.4, -0.2) is 11.7 Å². The van der Waals surface area contributed by atoms with E-state index in [2.05, 4.69) is 5.32 Å². The van der Waals surface area contributed by atoms with Gasteiger partial charge >= 0.3 is 0 Å². The molecular formula is C27H22F2N2O2. The Labute approximate surface area is 190 Å². The van der Waals surface area contributed by atoms with Crippen LogP contribution in [-0.2, 0) is 4.79 Å². The van der Waals surface area contributed by atoms with E-state index < -0.39 is 17.7 Å². The number of hydrogen-bond acceptors (Lipinski definition) is 3. The van der Waals surface area contributed by atoms with Crippen molar-refractivity contribution in [2.75, 3.05) is 10.2 Å². The number of amides is 1. The van der Waals surface area contributed by atoms with Crippen molar-refractivity contribution in [1.82, 2.24) is 0 Å². The van der Waals surface area contributed by atoms with Gasteiger partial charge in [0.05, 0.1) is 17.4 Å². The van der Waals surface area contributed by atoms with Gasteiger partial charge in [-0.2, -0.15) is 0 Å². The van der Waals surface area contributed by atoms with Crippen molar-refractivity contribution in [2.24, 2.45) is 5.92 Å². The van der Waals surface area contributed by atoms with Crippen molar-refractivity contribution in [3.63, 3.8) is 0 Å². The molecule has 3 aromatic rings. The third kappa shape index (κ3) is 3.82. The van der Waals surface area contributed by atoms with E-state index in [4.69, 9.17) is 0 Å². The lowest BCUT2D eigenvalue weighted by Gasteiger charge is -2.34. The number of benzene rings is 3. The fraction of sp³-hybridized carbons (Fsp3) is 0.185. The maximum absolute atomic E-state index is 14.4. The highest BCUT2D eigenvalue weighted by Gasteiger charge is 2.41. The number of carbonyl (C=O) groups is 2. The van der Waals surface area contributed by atoms with Crippen molar-refractivity contribution in [3.05, 3.63) is 107 Å². The highest BCUT2D eigenvalue weighted by Crippen LogP contribution is 2.46. The molecule has 0 saturated carbocycles. The van der Waals surface area contributed by atoms with Gasteiger partial charge in [0.1, 0.15) is 11.6 Å². The summed E-state index contributed by atoms with van der Waals surface area (Å²) in [5.74, 6) is -1.91. The minimum absolute atomic E-state index is 0.109. The molecule has 2 unspecified atom stereocenters. The molecule has 1 aliphatic carbocycles. The molecule has 5 rings (SSSR count). The Morgan fingerprint density at radius 1 is 0.939 bits per heavy atom. The smallest absolute Gasteiger partial charge is 0.259 e. The number of fused-ring (bicyclic) bond motifs is 1. The molecule has 0 fully saturated rings. The summed E-state index contributed by atoms with van der Waals surface area (Å²) in [6.07, 6.45) is 0.898. The average Bonchev–Trinajstić information content (AvgIpc) is 2.93. The number of rotatable bonds is 2. The predicted molar refractivity (Wildman–Crippen MR) is 123 cm³/mol. The summed E-state index contributed by atoms with van der Waals surface area (Å²) in [6.45, 7) is 1.99. The zero-order chi connectivity index (χ0) is 23.1. The van der Waals surface area contributed by atoms with E-state index in [-0.39, 0.29) is 23.2 Å². The van der Waals surface area contributed by atoms with Crippen LogP contribution in [0.1, 0.15) is 41.7 Å². The molecule has 166 valence electrons. The number of allylic oxidation sites excluding steroid dienone is 1. The minimum atomic E-state index is -0.978. The molecule has 2 aliphatic rings. The van der Waals surface area contributed by atoms with Gasteiger partial charge in [0.2, 0.25) is 0 Å². The Bertz CT molecular complexity index is 1270. The van der Waals surface area contributed by atoms with Gasteiger partial charge in [-0.3, -0.25) is 14.5 Å². The molecule has 6 heteroatoms. The first-order valence-corrected chi connectivity index (χ1v) is 10.9. The third-order valence-corrected chi connectivity index (χ3v) is 6.13. The summed E-state index contributed by atoms with van der Waals surface area (Å²) in [5, 5.41) is 3.36. The molecule has 1 aliphatic heterocycles. The molecule has 4 nitrogen and oxygen atoms in total. The van der Waals surface area contributed by atoms with Gasteiger partial charge in [0, 0.05) is 29.3 Å². The first-order chi connectivity index (χ1) is 15.9. The Hall–Kier alpha value is -3.80. The summed E-state index contributed by atoms with van der Waals surface area (Å²) in [7, 11) is 0. The molecular weight excluding hydrogens is 422 g/mol. The van der Waals surface area contributed by atoms with E-state index in [0.29, 0.717) is 41.1 Å². The third-order valence-electron chi connectivity index (χ3n) is 6.13. The Balaban J connectivity index is 1.81. The van der Waals surface area contributed by atoms with Gasteiger partial charge in [-0.15, -0.1) is 0 Å². The maximum Gasteiger partial charge on any atom is 0.259 e. The first-order valence-electron chi connectivity index (χ1n) is 10.9. The van der Waals surface area contributed by atoms with Crippen LogP contribution in [0.3, 0.4) is 0 Å². The van der Waals surface area contributed by atoms with Crippen LogP contribution in [0.4, 0.5) is 20.2 Å². The predicted octanol–water partition coefficient (Wildman–Crippen LogP) is 6.03. The lowest BCUT2D eigenvalue weighted by atomic mass is 9.81. The second-order valence-electron chi connectivity index (χ2n) is 8.62. The topological polar surface area (TPSA) is 49.4 Å². The van der Waals surface area contributed by atoms with Crippen LogP contribution in [0, 0.1) is 17.6 Å². The number of hydrogen-bond donors (Lipinski definition) is 1. The van der Waals surface area contributed by atoms with Crippen LogP contribution in [0.15, 0.2) is 84.1 Å². The van der Waals surface area contributed by atoms with Gasteiger partial charge < -0.3 is 5.32 Å². The molecule has 1 amide bonds. The van der Waals surface area contributed by atoms with Crippen LogP contribution < -0.4 is 10.2 Å². The van der Waals surface area contributed by atoms with Crippen LogP contribution in [0.5, 0.6) is 0 Å². The van der Waals surface area contributed by atoms with Gasteiger partial charge in [-0.05, 0) is 54.3 Å². The molecule has 0 saturated heterocycles. The highest BCUT2D eigenvalue weighted by atomic mass is 19.1. The molecule has 1 heterocycles. The van der Waals surface area contributed by atoms with Crippen molar-refractivity contribution < 1.29 is 18.4 Å². The molecule has 33 heavy (non-hydrogen) atoms. The van der Waals surface area contributed by atoms with E-state index >= 15 is 0 Å². The number of ketones is 1. The van der Waals surface area contributed by atoms with Gasteiger partial charge in [0.15, 0.2) is 5.78 Å². The summed E-state index contributed by atoms with van der Waals surface area (Å²) < 4.78 is 28.7. The average molecular weight is 444 g/mol. The standard InChI is InChI=1S/C27H22F2N2O2/c1-16-11-22-25(24(32)12-16)26(18-13-19(28)15-20(29)14-18)31(23-10-6-5-9-21(23)30-22)27(33)17-7-3-2-4-8-17/h2-10,13-16,26,30H,11-12H2,1H3. The van der Waals surface area contributed by atoms with Crippen molar-refractivity contribution in [1.29, 1.82) is 0 Å². The lowest BCUT2D eigenvalue weighted by molar-refractivity contribution is -0.117. The Kier molecular flexibility index (Phi) is 5.29. The molecule has 0 spiro atoms. The minimum Gasteiger partial charge on any atom is -0.357 e. The summed E-state index contributed by atoms with van der Waals surface area (Å²) in [5.41, 5.74) is 2.88. The summed E-state index contributed by atoms with van der Waals surface area (Å²) in [6, 6.07) is 18.1. The van der Waals surface area contributed by atoms with E-state index in [1.165, 1.54) is 17.0 Å². The number of halogens is 2. The van der Waals surface area contributed by atoms with E-state index in [0.717, 1.165) is 6.07 Å². The number of nitrogens with one attached hydrogen (secondary N) is 1. The second kappa shape index (κ2) is 8.28. The summed E-state index contributed by atoms with van der Waals surface area (Å²) >= 11 is 0. The number of Topliss-reactive ketones (excluding diaryl/α,β-unsaturated/α-hetero) is 1. The van der Waals surface area contributed by atoms with Crippen LogP contribution in [0.25, 0.3) is 0 Å². The second-order valence-corrected chi connectivity index (χ2v) is 8.62. The Morgan fingerprint density at radius 2 is 1.61 bits per heavy atom. The van der Waals surface area contributed by atoms with Gasteiger partial charge in [0.25, 0.3) is 5.91 Å². The van der Waals surface area contributed by atoms with Crippen molar-refractivity contribution >= 4 is 23.1 Å². The summed E-state index contributed by atoms with van der Waals surface area (Å²) in [4.78, 5) is 28.8. The lowest BCUT2D eigenvalue weighted by Crippen LogP contribution is -2.38. The fourth-order valence-corrected chi connectivity index (χ4v) is 4.78. The highest BCUT2D eigenvalue weighted by molar-refractivity contribution is 6.11. The number of para-hydroxylation sites is 2. The monoisotopic (exact) mass is 444 g/mol. The molecule has 2 atom stereocenters. The zero-order valence-electron chi connectivity index (χ0n) is 18.0. The van der Waals surface area contributed by atoms with Crippen LogP contribution in [0.2, 0.25) is 0 Å². The molecule has 0 bridgehead atoms. The van der Waals surface area contributed by atoms with Crippen molar-refractivity contribution in [3.8, 4) is 0 Å². The zero-order valence-corrected chi connectivity index (χ0v) is 18.0. The number of anilines is 2. The fourth-order valence-electron chi connectivity index (χ4n) is 4.78. The largest absolute Gasteiger partial charge is 0.357 e. The van der Waals surface area contributed by atoms with Gasteiger partial charge in [-0.1, -0.05) is 37.3 Å². The molecule has 0 aromatic heterocycles. The van der Waals surface area contributed by atoms with Crippen LogP contribution >= 0.6 is 0 Å². The molecule has 1 N–H and O–H groups in total. The van der Waals surface area contributed by atoms with Crippen molar-refractivity contribution in [2.45, 2.75) is 25.8 Å². The maximum atomic E-state index is 14.4. The SMILES string of the molecule is CC1CC(=O)C2=C(C1)Nc1ccccc1N(C(=O)c1ccccc1)C2c1cc(F)cc(F)c1.